The van der Waals surface area contributed by atoms with E-state index < -0.39 is 0 Å². The predicted molar refractivity (Wildman–Crippen MR) is 125 cm³/mol. The minimum atomic E-state index is 0.0195. The zero-order valence-electron chi connectivity index (χ0n) is 19.5. The molecule has 0 unspecified atom stereocenters. The fraction of sp³-hybridized carbons (Fsp3) is 0.960. The van der Waals surface area contributed by atoms with E-state index in [0.717, 1.165) is 25.9 Å². The van der Waals surface area contributed by atoms with Crippen LogP contribution >= 0.6 is 0 Å². The molecule has 0 spiro atoms. The van der Waals surface area contributed by atoms with Crippen molar-refractivity contribution in [1.29, 1.82) is 0 Å². The smallest absolute Gasteiger partial charge is 0.314 e. The van der Waals surface area contributed by atoms with Crippen LogP contribution in [0.2, 0.25) is 0 Å². The van der Waals surface area contributed by atoms with Crippen LogP contribution in [-0.2, 0) is 0 Å². The van der Waals surface area contributed by atoms with Crippen LogP contribution in [0.3, 0.4) is 0 Å². The fourth-order valence-electron chi connectivity index (χ4n) is 3.69. The first-order valence-corrected chi connectivity index (χ1v) is 12.8. The quantitative estimate of drug-likeness (QED) is 0.178. The number of carbonyl (C=O) groups excluding carboxylic acids is 1. The summed E-state index contributed by atoms with van der Waals surface area (Å²) in [5.41, 5.74) is 0. The van der Waals surface area contributed by atoms with Gasteiger partial charge in [-0.2, -0.15) is 0 Å². The van der Waals surface area contributed by atoms with Crippen LogP contribution in [0, 0.1) is 0 Å². The Bertz CT molecular complexity index is 307. The summed E-state index contributed by atoms with van der Waals surface area (Å²) in [6.45, 7) is 6.18. The molecule has 0 saturated carbocycles. The van der Waals surface area contributed by atoms with Crippen molar-refractivity contribution in [3.63, 3.8) is 0 Å². The highest BCUT2D eigenvalue weighted by molar-refractivity contribution is 5.73. The van der Waals surface area contributed by atoms with Gasteiger partial charge in [-0.05, 0) is 12.8 Å². The van der Waals surface area contributed by atoms with Crippen LogP contribution in [0.4, 0.5) is 4.79 Å². The number of nitrogens with one attached hydrogen (secondary N) is 2. The van der Waals surface area contributed by atoms with Crippen molar-refractivity contribution in [3.8, 4) is 0 Å². The highest BCUT2D eigenvalue weighted by Crippen LogP contribution is 2.11. The molecule has 0 bridgehead atoms. The summed E-state index contributed by atoms with van der Waals surface area (Å²) >= 11 is 0. The van der Waals surface area contributed by atoms with Crippen molar-refractivity contribution < 1.29 is 4.79 Å². The fourth-order valence-corrected chi connectivity index (χ4v) is 3.69. The third-order valence-corrected chi connectivity index (χ3v) is 5.63. The number of urea groups is 1. The molecule has 2 N–H and O–H groups in total. The van der Waals surface area contributed by atoms with E-state index in [0.29, 0.717) is 0 Å². The van der Waals surface area contributed by atoms with Gasteiger partial charge in [0.2, 0.25) is 0 Å². The molecule has 0 heterocycles. The average Bonchev–Trinajstić information content (AvgIpc) is 2.70. The SMILES string of the molecule is CCCCCCCCCCCCCCNC(=O)NCCCCCCCCCC. The number of carbonyl (C=O) groups is 1. The summed E-state index contributed by atoms with van der Waals surface area (Å²) in [6.07, 6.45) is 26.8. The summed E-state index contributed by atoms with van der Waals surface area (Å²) in [5.74, 6) is 0. The number of rotatable bonds is 22. The summed E-state index contributed by atoms with van der Waals surface area (Å²) < 4.78 is 0. The molecule has 0 radical (unpaired) electrons. The van der Waals surface area contributed by atoms with Crippen molar-refractivity contribution in [2.24, 2.45) is 0 Å². The molecule has 0 rings (SSSR count). The first-order valence-electron chi connectivity index (χ1n) is 12.8. The number of hydrogen-bond donors (Lipinski definition) is 2. The predicted octanol–water partition coefficient (Wildman–Crippen LogP) is 8.13. The lowest BCUT2D eigenvalue weighted by molar-refractivity contribution is 0.240. The molecule has 28 heavy (non-hydrogen) atoms. The van der Waals surface area contributed by atoms with Crippen molar-refractivity contribution in [3.05, 3.63) is 0 Å². The zero-order chi connectivity index (χ0) is 20.5. The first kappa shape index (κ1) is 27.3. The monoisotopic (exact) mass is 396 g/mol. The molecule has 3 nitrogen and oxygen atoms in total. The highest BCUT2D eigenvalue weighted by atomic mass is 16.2. The number of unbranched alkanes of at least 4 members (excludes halogenated alkanes) is 18. The normalized spacial score (nSPS) is 10.9. The Hall–Kier alpha value is -0.730. The van der Waals surface area contributed by atoms with Gasteiger partial charge in [-0.25, -0.2) is 4.79 Å². The van der Waals surface area contributed by atoms with E-state index in [1.165, 1.54) is 116 Å². The Kier molecular flexibility index (Phi) is 23.7. The third kappa shape index (κ3) is 23.3. The van der Waals surface area contributed by atoms with E-state index in [4.69, 9.17) is 0 Å². The molecule has 0 atom stereocenters. The molecule has 0 fully saturated rings. The van der Waals surface area contributed by atoms with Crippen LogP contribution in [0.1, 0.15) is 142 Å². The van der Waals surface area contributed by atoms with E-state index in [2.05, 4.69) is 24.5 Å². The molecule has 3 heteroatoms. The Morgan fingerprint density at radius 3 is 0.964 bits per heavy atom. The molecule has 0 aromatic heterocycles. The van der Waals surface area contributed by atoms with Gasteiger partial charge < -0.3 is 10.6 Å². The lowest BCUT2D eigenvalue weighted by Gasteiger charge is -2.08. The van der Waals surface area contributed by atoms with Gasteiger partial charge in [-0.3, -0.25) is 0 Å². The van der Waals surface area contributed by atoms with Crippen LogP contribution in [-0.4, -0.2) is 19.1 Å². The summed E-state index contributed by atoms with van der Waals surface area (Å²) in [6, 6.07) is 0.0195. The van der Waals surface area contributed by atoms with Crippen LogP contribution in [0.5, 0.6) is 0 Å². The topological polar surface area (TPSA) is 41.1 Å². The molecule has 2 amide bonds. The summed E-state index contributed by atoms with van der Waals surface area (Å²) in [5, 5.41) is 5.98. The Morgan fingerprint density at radius 2 is 0.679 bits per heavy atom. The molecular weight excluding hydrogens is 344 g/mol. The van der Waals surface area contributed by atoms with E-state index in [9.17, 15) is 4.79 Å². The maximum atomic E-state index is 11.7. The van der Waals surface area contributed by atoms with Crippen molar-refractivity contribution in [1.82, 2.24) is 10.6 Å². The second-order valence-corrected chi connectivity index (χ2v) is 8.55. The van der Waals surface area contributed by atoms with Gasteiger partial charge in [0.15, 0.2) is 0 Å². The van der Waals surface area contributed by atoms with Crippen molar-refractivity contribution in [2.75, 3.05) is 13.1 Å². The molecule has 0 saturated heterocycles. The van der Waals surface area contributed by atoms with Gasteiger partial charge in [-0.1, -0.05) is 129 Å². The molecule has 0 aliphatic heterocycles. The lowest BCUT2D eigenvalue weighted by atomic mass is 10.1. The Balaban J connectivity index is 3.13. The second kappa shape index (κ2) is 24.3. The van der Waals surface area contributed by atoms with Crippen LogP contribution in [0.25, 0.3) is 0 Å². The first-order chi connectivity index (χ1) is 13.8. The molecule has 0 aliphatic rings. The summed E-state index contributed by atoms with van der Waals surface area (Å²) in [7, 11) is 0. The molecule has 0 aliphatic carbocycles. The number of amides is 2. The lowest BCUT2D eigenvalue weighted by Crippen LogP contribution is -2.36. The van der Waals surface area contributed by atoms with Crippen LogP contribution in [0.15, 0.2) is 0 Å². The second-order valence-electron chi connectivity index (χ2n) is 8.55. The van der Waals surface area contributed by atoms with Gasteiger partial charge in [0, 0.05) is 13.1 Å². The van der Waals surface area contributed by atoms with Crippen molar-refractivity contribution >= 4 is 6.03 Å². The average molecular weight is 397 g/mol. The largest absolute Gasteiger partial charge is 0.338 e. The minimum Gasteiger partial charge on any atom is -0.338 e. The number of hydrogen-bond acceptors (Lipinski definition) is 1. The maximum absolute atomic E-state index is 11.7. The van der Waals surface area contributed by atoms with Gasteiger partial charge in [-0.15, -0.1) is 0 Å². The molecular formula is C25H52N2O. The summed E-state index contributed by atoms with van der Waals surface area (Å²) in [4.78, 5) is 11.7. The van der Waals surface area contributed by atoms with Crippen molar-refractivity contribution in [2.45, 2.75) is 142 Å². The van der Waals surface area contributed by atoms with Gasteiger partial charge >= 0.3 is 6.03 Å². The van der Waals surface area contributed by atoms with E-state index in [1.54, 1.807) is 0 Å². The van der Waals surface area contributed by atoms with E-state index in [1.807, 2.05) is 0 Å². The van der Waals surface area contributed by atoms with E-state index >= 15 is 0 Å². The highest BCUT2D eigenvalue weighted by Gasteiger charge is 1.99. The zero-order valence-corrected chi connectivity index (χ0v) is 19.5. The van der Waals surface area contributed by atoms with Gasteiger partial charge in [0.05, 0.1) is 0 Å². The molecule has 0 aromatic carbocycles. The molecule has 0 aromatic rings. The van der Waals surface area contributed by atoms with Gasteiger partial charge in [0.1, 0.15) is 0 Å². The van der Waals surface area contributed by atoms with Gasteiger partial charge in [0.25, 0.3) is 0 Å². The minimum absolute atomic E-state index is 0.0195. The van der Waals surface area contributed by atoms with E-state index in [-0.39, 0.29) is 6.03 Å². The maximum Gasteiger partial charge on any atom is 0.314 e. The third-order valence-electron chi connectivity index (χ3n) is 5.63. The molecule has 168 valence electrons. The van der Waals surface area contributed by atoms with Crippen LogP contribution < -0.4 is 10.6 Å². The Morgan fingerprint density at radius 1 is 0.429 bits per heavy atom. The standard InChI is InChI=1S/C25H52N2O/c1-3-5-7-9-11-13-14-15-16-18-20-22-24-27-25(28)26-23-21-19-17-12-10-8-6-4-2/h3-24H2,1-2H3,(H2,26,27,28). The Labute approximate surface area is 177 Å².